The Morgan fingerprint density at radius 3 is 2.55 bits per heavy atom. The molecule has 0 radical (unpaired) electrons. The van der Waals surface area contributed by atoms with Crippen LogP contribution in [0.5, 0.6) is 5.75 Å². The van der Waals surface area contributed by atoms with E-state index in [9.17, 15) is 8.42 Å². The summed E-state index contributed by atoms with van der Waals surface area (Å²) in [6.45, 7) is 11.6. The number of methoxy groups -OCH3 is 1. The van der Waals surface area contributed by atoms with E-state index in [-0.39, 0.29) is 10.8 Å². The summed E-state index contributed by atoms with van der Waals surface area (Å²) in [5.41, 5.74) is 5.24. The van der Waals surface area contributed by atoms with E-state index in [1.807, 2.05) is 6.92 Å². The Bertz CT molecular complexity index is 1140. The Kier molecular flexibility index (Phi) is 6.43. The summed E-state index contributed by atoms with van der Waals surface area (Å²) in [5.74, 6) is 1.69. The van der Waals surface area contributed by atoms with E-state index >= 15 is 0 Å². The van der Waals surface area contributed by atoms with Crippen LogP contribution in [0.2, 0.25) is 0 Å². The zero-order chi connectivity index (χ0) is 24.0. The largest absolute Gasteiger partial charge is 0.496 e. The van der Waals surface area contributed by atoms with Gasteiger partial charge in [0.05, 0.1) is 12.0 Å². The molecule has 1 N–H and O–H groups in total. The maximum absolute atomic E-state index is 13.2. The van der Waals surface area contributed by atoms with Crippen LogP contribution >= 0.6 is 0 Å². The molecule has 4 nitrogen and oxygen atoms in total. The molecule has 2 aromatic carbocycles. The summed E-state index contributed by atoms with van der Waals surface area (Å²) in [6, 6.07) is 12.1. The lowest BCUT2D eigenvalue weighted by molar-refractivity contribution is 0.0299. The molecule has 0 unspecified atom stereocenters. The predicted octanol–water partition coefficient (Wildman–Crippen LogP) is 6.12. The monoisotopic (exact) mass is 469 g/mol. The molecular weight excluding hydrogens is 430 g/mol. The van der Waals surface area contributed by atoms with Crippen LogP contribution in [0.25, 0.3) is 0 Å². The fraction of sp³-hybridized carbons (Fsp3) is 0.571. The smallest absolute Gasteiger partial charge is 0.240 e. The molecular formula is C28H39NO3S. The minimum atomic E-state index is -3.58. The normalized spacial score (nSPS) is 27.2. The molecule has 1 saturated carbocycles. The van der Waals surface area contributed by atoms with E-state index in [2.05, 4.69) is 50.6 Å². The van der Waals surface area contributed by atoms with Crippen molar-refractivity contribution in [3.8, 4) is 5.75 Å². The molecule has 33 heavy (non-hydrogen) atoms. The molecule has 0 amide bonds. The quantitative estimate of drug-likeness (QED) is 0.555. The van der Waals surface area contributed by atoms with Gasteiger partial charge in [-0.1, -0.05) is 52.3 Å². The first kappa shape index (κ1) is 24.3. The van der Waals surface area contributed by atoms with Gasteiger partial charge in [-0.05, 0) is 95.7 Å². The molecule has 0 saturated heterocycles. The van der Waals surface area contributed by atoms with Crippen molar-refractivity contribution in [2.75, 3.05) is 13.7 Å². The second-order valence-electron chi connectivity index (χ2n) is 11.0. The maximum Gasteiger partial charge on any atom is 0.240 e. The van der Waals surface area contributed by atoms with Gasteiger partial charge in [0, 0.05) is 6.54 Å². The molecule has 0 aromatic heterocycles. The lowest BCUT2D eigenvalue weighted by Gasteiger charge is -2.55. The molecule has 1 fully saturated rings. The van der Waals surface area contributed by atoms with Crippen molar-refractivity contribution in [1.29, 1.82) is 0 Å². The first-order valence-electron chi connectivity index (χ1n) is 12.3. The number of hydrogen-bond donors (Lipinski definition) is 1. The number of rotatable bonds is 6. The van der Waals surface area contributed by atoms with E-state index in [0.717, 1.165) is 31.2 Å². The first-order chi connectivity index (χ1) is 15.5. The average molecular weight is 470 g/mol. The van der Waals surface area contributed by atoms with Crippen molar-refractivity contribution < 1.29 is 13.2 Å². The Hall–Kier alpha value is -1.85. The summed E-state index contributed by atoms with van der Waals surface area (Å²) in [4.78, 5) is 0.304. The van der Waals surface area contributed by atoms with Crippen LogP contribution in [0, 0.1) is 18.3 Å². The van der Waals surface area contributed by atoms with Crippen LogP contribution in [0.3, 0.4) is 0 Å². The molecule has 0 spiro atoms. The molecule has 2 aromatic rings. The number of nitrogens with one attached hydrogen (secondary N) is 1. The Morgan fingerprint density at radius 1 is 1.12 bits per heavy atom. The van der Waals surface area contributed by atoms with Crippen molar-refractivity contribution >= 4 is 10.0 Å². The van der Waals surface area contributed by atoms with Gasteiger partial charge in [0.2, 0.25) is 10.0 Å². The number of aryl methyl sites for hydroxylation is 2. The van der Waals surface area contributed by atoms with Gasteiger partial charge in [0.15, 0.2) is 0 Å². The molecule has 2 aliphatic rings. The summed E-state index contributed by atoms with van der Waals surface area (Å²) in [6.07, 6.45) is 5.54. The third-order valence-corrected chi connectivity index (χ3v) is 9.91. The first-order valence-corrected chi connectivity index (χ1v) is 13.8. The molecule has 0 aliphatic heterocycles. The third kappa shape index (κ3) is 4.35. The highest BCUT2D eigenvalue weighted by atomic mass is 32.2. The Balaban J connectivity index is 1.58. The van der Waals surface area contributed by atoms with E-state index < -0.39 is 10.0 Å². The van der Waals surface area contributed by atoms with Gasteiger partial charge in [0.1, 0.15) is 5.75 Å². The van der Waals surface area contributed by atoms with Crippen molar-refractivity contribution in [3.63, 3.8) is 0 Å². The second kappa shape index (κ2) is 8.74. The van der Waals surface area contributed by atoms with Crippen LogP contribution in [0.1, 0.15) is 81.5 Å². The van der Waals surface area contributed by atoms with Crippen LogP contribution < -0.4 is 9.46 Å². The highest BCUT2D eigenvalue weighted by Crippen LogP contribution is 2.57. The third-order valence-electron chi connectivity index (χ3n) is 8.51. The van der Waals surface area contributed by atoms with E-state index in [0.29, 0.717) is 29.0 Å². The number of benzene rings is 2. The summed E-state index contributed by atoms with van der Waals surface area (Å²) in [7, 11) is -1.99. The van der Waals surface area contributed by atoms with Crippen LogP contribution in [-0.4, -0.2) is 22.1 Å². The lowest BCUT2D eigenvalue weighted by Crippen LogP contribution is -2.53. The van der Waals surface area contributed by atoms with Gasteiger partial charge in [-0.2, -0.15) is 0 Å². The number of fused-ring (bicyclic) bond motifs is 3. The molecule has 2 aliphatic carbocycles. The zero-order valence-electron chi connectivity index (χ0n) is 21.0. The summed E-state index contributed by atoms with van der Waals surface area (Å²) in [5, 5.41) is 0. The van der Waals surface area contributed by atoms with Gasteiger partial charge < -0.3 is 4.74 Å². The summed E-state index contributed by atoms with van der Waals surface area (Å²) < 4.78 is 34.6. The topological polar surface area (TPSA) is 55.4 Å². The van der Waals surface area contributed by atoms with Crippen molar-refractivity contribution in [2.24, 2.45) is 11.3 Å². The van der Waals surface area contributed by atoms with Crippen LogP contribution in [0.4, 0.5) is 0 Å². The summed E-state index contributed by atoms with van der Waals surface area (Å²) >= 11 is 0. The highest BCUT2D eigenvalue weighted by Gasteiger charge is 2.51. The van der Waals surface area contributed by atoms with Gasteiger partial charge >= 0.3 is 0 Å². The Morgan fingerprint density at radius 2 is 1.88 bits per heavy atom. The maximum atomic E-state index is 13.2. The average Bonchev–Trinajstić information content (AvgIpc) is 2.77. The molecule has 0 heterocycles. The molecule has 4 rings (SSSR count). The predicted molar refractivity (Wildman–Crippen MR) is 135 cm³/mol. The van der Waals surface area contributed by atoms with Crippen molar-refractivity contribution in [1.82, 2.24) is 4.72 Å². The van der Waals surface area contributed by atoms with Gasteiger partial charge in [-0.3, -0.25) is 0 Å². The molecule has 0 bridgehead atoms. The van der Waals surface area contributed by atoms with Gasteiger partial charge in [-0.25, -0.2) is 13.1 Å². The number of hydrogen-bond acceptors (Lipinski definition) is 3. The van der Waals surface area contributed by atoms with E-state index in [4.69, 9.17) is 4.74 Å². The van der Waals surface area contributed by atoms with Crippen molar-refractivity contribution in [2.45, 2.75) is 83.0 Å². The van der Waals surface area contributed by atoms with Gasteiger partial charge in [0.25, 0.3) is 0 Å². The fourth-order valence-electron chi connectivity index (χ4n) is 6.58. The lowest BCUT2D eigenvalue weighted by atomic mass is 9.50. The zero-order valence-corrected chi connectivity index (χ0v) is 21.8. The number of sulfonamides is 1. The van der Waals surface area contributed by atoms with Crippen LogP contribution in [-0.2, 0) is 21.9 Å². The second-order valence-corrected chi connectivity index (χ2v) is 12.8. The molecule has 3 atom stereocenters. The Labute approximate surface area is 200 Å². The number of ether oxygens (including phenoxy) is 1. The van der Waals surface area contributed by atoms with Crippen LogP contribution in [0.15, 0.2) is 41.3 Å². The van der Waals surface area contributed by atoms with E-state index in [1.165, 1.54) is 23.1 Å². The minimum Gasteiger partial charge on any atom is -0.496 e. The highest BCUT2D eigenvalue weighted by molar-refractivity contribution is 7.89. The van der Waals surface area contributed by atoms with E-state index in [1.54, 1.807) is 25.3 Å². The molecule has 180 valence electrons. The SMILES string of the molecule is COc1ccc(S(=O)(=O)NC[C@@]2(C)CCC[C@@]3(C)c4ccc(C(C)C)cc4CC[C@@H]23)cc1C. The van der Waals surface area contributed by atoms with Gasteiger partial charge in [-0.15, -0.1) is 0 Å². The fourth-order valence-corrected chi connectivity index (χ4v) is 7.84. The standard InChI is InChI=1S/C28H39NO3S/c1-19(2)21-8-11-24-22(17-21)9-13-26-27(4,14-7-15-28(24,26)5)18-29-33(30,31)23-10-12-25(32-6)20(3)16-23/h8,10-12,16-17,19,26,29H,7,9,13-15,18H2,1-6H3/t26-,27+,28-/m0/s1. The van der Waals surface area contributed by atoms with Crippen molar-refractivity contribution in [3.05, 3.63) is 58.7 Å². The minimum absolute atomic E-state index is 0.0734. The molecule has 5 heteroatoms.